The van der Waals surface area contributed by atoms with Crippen molar-refractivity contribution in [1.82, 2.24) is 0 Å². The van der Waals surface area contributed by atoms with Crippen LogP contribution in [0.5, 0.6) is 0 Å². The molecule has 5 aromatic carbocycles. The molecule has 0 amide bonds. The number of hydrogen-bond donors (Lipinski definition) is 0. The monoisotopic (exact) mass is 533 g/mol. The largest absolute Gasteiger partial charge is 0.310 e. The van der Waals surface area contributed by atoms with Gasteiger partial charge in [-0.05, 0) is 107 Å². The molecule has 0 heterocycles. The Morgan fingerprint density at radius 1 is 0.390 bits per heavy atom. The Morgan fingerprint density at radius 2 is 0.780 bits per heavy atom. The van der Waals surface area contributed by atoms with Gasteiger partial charge in [0.15, 0.2) is 0 Å². The van der Waals surface area contributed by atoms with Crippen LogP contribution in [0.1, 0.15) is 75.6 Å². The second kappa shape index (κ2) is 9.77. The third kappa shape index (κ3) is 3.54. The molecule has 41 heavy (non-hydrogen) atoms. The summed E-state index contributed by atoms with van der Waals surface area (Å²) in [4.78, 5) is 2.47. The van der Waals surface area contributed by atoms with Gasteiger partial charge in [0.05, 0.1) is 0 Å². The molecule has 0 radical (unpaired) electrons. The quantitative estimate of drug-likeness (QED) is 0.201. The molecule has 1 heteroatoms. The lowest BCUT2D eigenvalue weighted by Crippen LogP contribution is -2.24. The van der Waals surface area contributed by atoms with Gasteiger partial charge in [0.1, 0.15) is 0 Å². The van der Waals surface area contributed by atoms with E-state index in [1.54, 1.807) is 0 Å². The van der Waals surface area contributed by atoms with Gasteiger partial charge in [0, 0.05) is 27.9 Å². The highest BCUT2D eigenvalue weighted by molar-refractivity contribution is 5.88. The van der Waals surface area contributed by atoms with Crippen LogP contribution in [0.2, 0.25) is 0 Å². The fraction of sp³-hybridized carbons (Fsp3) is 0.250. The number of anilines is 3. The van der Waals surface area contributed by atoms with Crippen LogP contribution >= 0.6 is 0 Å². The molecule has 204 valence electrons. The van der Waals surface area contributed by atoms with Crippen molar-refractivity contribution in [2.45, 2.75) is 64.2 Å². The summed E-state index contributed by atoms with van der Waals surface area (Å²) >= 11 is 0. The number of nitrogens with zero attached hydrogens (tertiary/aromatic N) is 1. The summed E-state index contributed by atoms with van der Waals surface area (Å²) < 4.78 is 0. The molecule has 0 N–H and O–H groups in total. The molecule has 7 rings (SSSR count). The van der Waals surface area contributed by atoms with Crippen molar-refractivity contribution in [2.24, 2.45) is 0 Å². The lowest BCUT2D eigenvalue weighted by atomic mass is 9.73. The predicted octanol–water partition coefficient (Wildman–Crippen LogP) is 11.3. The van der Waals surface area contributed by atoms with Gasteiger partial charge in [-0.1, -0.05) is 107 Å². The van der Waals surface area contributed by atoms with Crippen LogP contribution in [0, 0.1) is 0 Å². The minimum atomic E-state index is 0.0451. The van der Waals surface area contributed by atoms with Gasteiger partial charge in [-0.2, -0.15) is 0 Å². The van der Waals surface area contributed by atoms with Crippen LogP contribution in [-0.4, -0.2) is 0 Å². The van der Waals surface area contributed by atoms with Crippen LogP contribution < -0.4 is 4.90 Å². The number of para-hydroxylation sites is 1. The average Bonchev–Trinajstić information content (AvgIpc) is 3.48. The van der Waals surface area contributed by atoms with E-state index in [9.17, 15) is 0 Å². The molecule has 2 aliphatic carbocycles. The van der Waals surface area contributed by atoms with E-state index in [1.165, 1.54) is 61.6 Å². The first-order valence-electron chi connectivity index (χ1n) is 15.5. The first-order chi connectivity index (χ1) is 20.1. The topological polar surface area (TPSA) is 3.24 Å². The van der Waals surface area contributed by atoms with E-state index in [4.69, 9.17) is 0 Å². The number of benzene rings is 5. The van der Waals surface area contributed by atoms with Crippen LogP contribution in [0.4, 0.5) is 17.1 Å². The normalized spacial score (nSPS) is 15.1. The van der Waals surface area contributed by atoms with Crippen LogP contribution in [0.15, 0.2) is 115 Å². The smallest absolute Gasteiger partial charge is 0.0465 e. The molecule has 0 saturated heterocycles. The van der Waals surface area contributed by atoms with Crippen LogP contribution in [-0.2, 0) is 10.8 Å². The Morgan fingerprint density at radius 3 is 1.22 bits per heavy atom. The molecule has 5 aromatic rings. The highest BCUT2D eigenvalue weighted by Crippen LogP contribution is 2.56. The average molecular weight is 534 g/mol. The Labute approximate surface area is 245 Å². The zero-order valence-electron chi connectivity index (χ0n) is 24.7. The zero-order valence-corrected chi connectivity index (χ0v) is 24.7. The molecule has 0 saturated carbocycles. The summed E-state index contributed by atoms with van der Waals surface area (Å²) in [6.07, 6.45) is 4.37. The van der Waals surface area contributed by atoms with Crippen molar-refractivity contribution >= 4 is 17.1 Å². The Hall–Kier alpha value is -4.10. The summed E-state index contributed by atoms with van der Waals surface area (Å²) in [5, 5.41) is 0. The third-order valence-corrected chi connectivity index (χ3v) is 10.4. The summed E-state index contributed by atoms with van der Waals surface area (Å²) in [6, 6.07) is 43.4. The number of rotatable bonds is 7. The summed E-state index contributed by atoms with van der Waals surface area (Å²) in [7, 11) is 0. The Balaban J connectivity index is 1.44. The highest BCUT2D eigenvalue weighted by atomic mass is 15.1. The van der Waals surface area contributed by atoms with Crippen molar-refractivity contribution in [3.8, 4) is 22.3 Å². The van der Waals surface area contributed by atoms with Crippen LogP contribution in [0.25, 0.3) is 22.3 Å². The van der Waals surface area contributed by atoms with Gasteiger partial charge in [-0.25, -0.2) is 0 Å². The van der Waals surface area contributed by atoms with Gasteiger partial charge in [-0.15, -0.1) is 0 Å². The van der Waals surface area contributed by atoms with Crippen molar-refractivity contribution in [3.63, 3.8) is 0 Å². The van der Waals surface area contributed by atoms with Crippen molar-refractivity contribution in [2.75, 3.05) is 4.90 Å². The Bertz CT molecular complexity index is 1630. The Kier molecular flexibility index (Phi) is 6.16. The van der Waals surface area contributed by atoms with Gasteiger partial charge in [0.25, 0.3) is 0 Å². The molecule has 0 aliphatic heterocycles. The maximum absolute atomic E-state index is 2.49. The van der Waals surface area contributed by atoms with E-state index in [0.29, 0.717) is 0 Å². The minimum Gasteiger partial charge on any atom is -0.310 e. The molecule has 0 bridgehead atoms. The summed E-state index contributed by atoms with van der Waals surface area (Å²) in [5.41, 5.74) is 15.2. The number of fused-ring (bicyclic) bond motifs is 6. The van der Waals surface area contributed by atoms with Gasteiger partial charge >= 0.3 is 0 Å². The molecule has 0 aromatic heterocycles. The number of hydrogen-bond acceptors (Lipinski definition) is 1. The van der Waals surface area contributed by atoms with Gasteiger partial charge in [-0.3, -0.25) is 0 Å². The van der Waals surface area contributed by atoms with Crippen molar-refractivity contribution < 1.29 is 0 Å². The summed E-state index contributed by atoms with van der Waals surface area (Å²) in [6.45, 7) is 9.41. The molecular formula is C40H39N. The summed E-state index contributed by atoms with van der Waals surface area (Å²) in [5.74, 6) is 0. The molecule has 0 unspecified atom stereocenters. The zero-order chi connectivity index (χ0) is 28.2. The first-order valence-corrected chi connectivity index (χ1v) is 15.5. The van der Waals surface area contributed by atoms with E-state index in [0.717, 1.165) is 25.7 Å². The second-order valence-corrected chi connectivity index (χ2v) is 11.8. The fourth-order valence-electron chi connectivity index (χ4n) is 8.21. The third-order valence-electron chi connectivity index (χ3n) is 10.4. The highest BCUT2D eigenvalue weighted by Gasteiger charge is 2.42. The first kappa shape index (κ1) is 25.8. The SMILES string of the molecule is CCC1(CC)c2ccccc2-c2ccc(N(c3ccccc3)c3ccc4c(c3)C(CC)(CC)c3ccccc3-4)cc21. The predicted molar refractivity (Wildman–Crippen MR) is 175 cm³/mol. The van der Waals surface area contributed by atoms with E-state index in [1.807, 2.05) is 0 Å². The molecular weight excluding hydrogens is 494 g/mol. The van der Waals surface area contributed by atoms with E-state index >= 15 is 0 Å². The van der Waals surface area contributed by atoms with Crippen molar-refractivity contribution in [1.29, 1.82) is 0 Å². The van der Waals surface area contributed by atoms with Crippen molar-refractivity contribution in [3.05, 3.63) is 138 Å². The fourth-order valence-corrected chi connectivity index (χ4v) is 8.21. The van der Waals surface area contributed by atoms with E-state index in [2.05, 4.69) is 148 Å². The maximum Gasteiger partial charge on any atom is 0.0465 e. The van der Waals surface area contributed by atoms with Gasteiger partial charge < -0.3 is 4.90 Å². The van der Waals surface area contributed by atoms with E-state index in [-0.39, 0.29) is 10.8 Å². The molecule has 0 spiro atoms. The lowest BCUT2D eigenvalue weighted by Gasteiger charge is -2.33. The van der Waals surface area contributed by atoms with Gasteiger partial charge in [0.2, 0.25) is 0 Å². The molecule has 0 fully saturated rings. The lowest BCUT2D eigenvalue weighted by molar-refractivity contribution is 0.490. The molecule has 1 nitrogen and oxygen atoms in total. The standard InChI is InChI=1S/C40H39N/c1-5-39(6-2)35-20-14-12-18-31(35)33-24-22-29(26-37(33)39)41(28-16-10-9-11-17-28)30-23-25-34-32-19-13-15-21-36(32)40(7-3,8-4)38(34)27-30/h9-27H,5-8H2,1-4H3. The molecule has 2 aliphatic rings. The second-order valence-electron chi connectivity index (χ2n) is 11.8. The van der Waals surface area contributed by atoms with Crippen LogP contribution in [0.3, 0.4) is 0 Å². The maximum atomic E-state index is 2.49. The minimum absolute atomic E-state index is 0.0451. The van der Waals surface area contributed by atoms with E-state index < -0.39 is 0 Å². The molecule has 0 atom stereocenters.